The number of amides is 1. The highest BCUT2D eigenvalue weighted by Crippen LogP contribution is 2.19. The van der Waals surface area contributed by atoms with Crippen LogP contribution in [0.15, 0.2) is 84.3 Å². The van der Waals surface area contributed by atoms with Crippen molar-refractivity contribution < 1.29 is 4.79 Å². The van der Waals surface area contributed by atoms with Gasteiger partial charge in [-0.05, 0) is 36.8 Å². The molecule has 0 aliphatic rings. The zero-order chi connectivity index (χ0) is 21.1. The van der Waals surface area contributed by atoms with Crippen molar-refractivity contribution in [2.75, 3.05) is 5.32 Å². The quantitative estimate of drug-likeness (QED) is 0.525. The van der Waals surface area contributed by atoms with Crippen LogP contribution < -0.4 is 10.9 Å². The summed E-state index contributed by atoms with van der Waals surface area (Å²) in [5, 5.41) is 3.48. The van der Waals surface area contributed by atoms with E-state index in [2.05, 4.69) is 10.3 Å². The molecule has 0 spiro atoms. The Morgan fingerprint density at radius 2 is 1.97 bits per heavy atom. The molecule has 0 saturated carbocycles. The van der Waals surface area contributed by atoms with Crippen LogP contribution in [-0.4, -0.2) is 20.0 Å². The summed E-state index contributed by atoms with van der Waals surface area (Å²) in [6.07, 6.45) is 6.71. The van der Waals surface area contributed by atoms with Gasteiger partial charge in [0.2, 0.25) is 0 Å². The monoisotopic (exact) mass is 418 g/mol. The van der Waals surface area contributed by atoms with E-state index in [1.807, 2.05) is 43.3 Å². The third-order valence-electron chi connectivity index (χ3n) is 4.72. The van der Waals surface area contributed by atoms with Gasteiger partial charge in [0.25, 0.3) is 11.5 Å². The molecule has 0 atom stereocenters. The van der Waals surface area contributed by atoms with Crippen LogP contribution in [0.3, 0.4) is 0 Å². The molecule has 0 fully saturated rings. The minimum atomic E-state index is -0.273. The molecule has 0 radical (unpaired) electrons. The van der Waals surface area contributed by atoms with Crippen molar-refractivity contribution in [1.82, 2.24) is 14.1 Å². The number of nitrogens with one attached hydrogen (secondary N) is 1. The number of rotatable bonds is 5. The highest BCUT2D eigenvalue weighted by Gasteiger charge is 2.14. The fourth-order valence-corrected chi connectivity index (χ4v) is 3.39. The second-order valence-electron chi connectivity index (χ2n) is 6.92. The van der Waals surface area contributed by atoms with Crippen molar-refractivity contribution in [2.45, 2.75) is 13.5 Å². The van der Waals surface area contributed by atoms with Gasteiger partial charge in [-0.15, -0.1) is 0 Å². The van der Waals surface area contributed by atoms with E-state index in [9.17, 15) is 9.59 Å². The molecule has 2 aromatic heterocycles. The largest absolute Gasteiger partial charge is 0.321 e. The highest BCUT2D eigenvalue weighted by molar-refractivity contribution is 6.31. The Kier molecular flexibility index (Phi) is 5.50. The lowest BCUT2D eigenvalue weighted by atomic mass is 10.1. The Bertz CT molecular complexity index is 1260. The number of anilines is 1. The molecule has 0 bridgehead atoms. The maximum absolute atomic E-state index is 13.0. The van der Waals surface area contributed by atoms with E-state index >= 15 is 0 Å². The number of aryl methyl sites for hydroxylation is 1. The number of hydrogen-bond donors (Lipinski definition) is 1. The minimum Gasteiger partial charge on any atom is -0.321 e. The lowest BCUT2D eigenvalue weighted by molar-refractivity contribution is 0.102. The summed E-state index contributed by atoms with van der Waals surface area (Å²) in [5.74, 6) is -0.273. The van der Waals surface area contributed by atoms with Gasteiger partial charge in [0.15, 0.2) is 0 Å². The first-order valence-corrected chi connectivity index (χ1v) is 9.73. The fourth-order valence-electron chi connectivity index (χ4n) is 3.20. The van der Waals surface area contributed by atoms with E-state index in [-0.39, 0.29) is 11.5 Å². The molecular weight excluding hydrogens is 400 g/mol. The van der Waals surface area contributed by atoms with E-state index in [1.54, 1.807) is 41.6 Å². The van der Waals surface area contributed by atoms with Crippen molar-refractivity contribution >= 4 is 23.2 Å². The molecule has 7 heteroatoms. The molecule has 150 valence electrons. The fraction of sp³-hybridized carbons (Fsp3) is 0.0870. The van der Waals surface area contributed by atoms with Gasteiger partial charge < -0.3 is 14.5 Å². The summed E-state index contributed by atoms with van der Waals surface area (Å²) < 4.78 is 3.30. The molecule has 6 nitrogen and oxygen atoms in total. The number of pyridine rings is 1. The second kappa shape index (κ2) is 8.39. The third-order valence-corrected chi connectivity index (χ3v) is 5.09. The molecule has 0 aliphatic carbocycles. The second-order valence-corrected chi connectivity index (χ2v) is 7.33. The number of carbonyl (C=O) groups is 1. The number of halogens is 1. The minimum absolute atomic E-state index is 0.178. The molecule has 2 heterocycles. The summed E-state index contributed by atoms with van der Waals surface area (Å²) in [7, 11) is 0. The number of hydrogen-bond acceptors (Lipinski definition) is 3. The van der Waals surface area contributed by atoms with Gasteiger partial charge >= 0.3 is 0 Å². The Morgan fingerprint density at radius 1 is 1.13 bits per heavy atom. The summed E-state index contributed by atoms with van der Waals surface area (Å²) >= 11 is 6.22. The molecule has 0 unspecified atom stereocenters. The SMILES string of the molecule is Cc1ccc(-n2ccnc2)c(C(=O)Nc2ccc(=O)n(Cc3ccccc3Cl)c2)c1. The molecule has 2 aromatic carbocycles. The van der Waals surface area contributed by atoms with E-state index in [0.29, 0.717) is 22.8 Å². The van der Waals surface area contributed by atoms with Crippen LogP contribution in [0.2, 0.25) is 5.02 Å². The molecule has 4 rings (SSSR count). The number of nitrogens with zero attached hydrogens (tertiary/aromatic N) is 3. The Hall–Kier alpha value is -3.64. The van der Waals surface area contributed by atoms with Crippen molar-refractivity contribution in [3.8, 4) is 5.69 Å². The van der Waals surface area contributed by atoms with Gasteiger partial charge in [-0.1, -0.05) is 41.4 Å². The Morgan fingerprint density at radius 3 is 2.73 bits per heavy atom. The number of imidazole rings is 1. The van der Waals surface area contributed by atoms with E-state index < -0.39 is 0 Å². The molecule has 1 amide bonds. The van der Waals surface area contributed by atoms with E-state index in [1.165, 1.54) is 10.6 Å². The van der Waals surface area contributed by atoms with Gasteiger partial charge in [-0.25, -0.2) is 4.98 Å². The Labute approximate surface area is 178 Å². The van der Waals surface area contributed by atoms with Gasteiger partial charge in [0.1, 0.15) is 0 Å². The topological polar surface area (TPSA) is 68.9 Å². The van der Waals surface area contributed by atoms with Crippen LogP contribution in [0.1, 0.15) is 21.5 Å². The van der Waals surface area contributed by atoms with Crippen LogP contribution in [0, 0.1) is 6.92 Å². The van der Waals surface area contributed by atoms with Crippen LogP contribution in [0.25, 0.3) is 5.69 Å². The first kappa shape index (κ1) is 19.7. The van der Waals surface area contributed by atoms with Crippen molar-refractivity contribution in [2.24, 2.45) is 0 Å². The number of benzene rings is 2. The summed E-state index contributed by atoms with van der Waals surface area (Å²) in [5.41, 5.74) is 3.36. The van der Waals surface area contributed by atoms with Gasteiger partial charge in [-0.2, -0.15) is 0 Å². The van der Waals surface area contributed by atoms with Crippen LogP contribution >= 0.6 is 11.6 Å². The first-order valence-electron chi connectivity index (χ1n) is 9.35. The van der Waals surface area contributed by atoms with E-state index in [4.69, 9.17) is 11.6 Å². The van der Waals surface area contributed by atoms with E-state index in [0.717, 1.165) is 16.8 Å². The van der Waals surface area contributed by atoms with Gasteiger partial charge in [0.05, 0.1) is 29.8 Å². The molecule has 0 saturated heterocycles. The molecule has 4 aromatic rings. The van der Waals surface area contributed by atoms with Crippen molar-refractivity contribution in [3.05, 3.63) is 112 Å². The van der Waals surface area contributed by atoms with Crippen LogP contribution in [0.4, 0.5) is 5.69 Å². The van der Waals surface area contributed by atoms with Crippen molar-refractivity contribution in [3.63, 3.8) is 0 Å². The maximum atomic E-state index is 13.0. The standard InChI is InChI=1S/C23H19ClN4O2/c1-16-6-8-21(27-11-10-25-15-27)19(12-16)23(30)26-18-7-9-22(29)28(14-18)13-17-4-2-3-5-20(17)24/h2-12,14-15H,13H2,1H3,(H,26,30). The Balaban J connectivity index is 1.63. The average Bonchev–Trinajstić information content (AvgIpc) is 3.26. The number of aromatic nitrogens is 3. The highest BCUT2D eigenvalue weighted by atomic mass is 35.5. The third kappa shape index (κ3) is 4.18. The molecule has 30 heavy (non-hydrogen) atoms. The first-order chi connectivity index (χ1) is 14.5. The average molecular weight is 419 g/mol. The smallest absolute Gasteiger partial charge is 0.257 e. The predicted molar refractivity (Wildman–Crippen MR) is 118 cm³/mol. The van der Waals surface area contributed by atoms with Gasteiger partial charge in [0, 0.05) is 29.7 Å². The predicted octanol–water partition coefficient (Wildman–Crippen LogP) is 4.30. The van der Waals surface area contributed by atoms with Crippen LogP contribution in [0.5, 0.6) is 0 Å². The maximum Gasteiger partial charge on any atom is 0.257 e. The van der Waals surface area contributed by atoms with Gasteiger partial charge in [-0.3, -0.25) is 9.59 Å². The zero-order valence-electron chi connectivity index (χ0n) is 16.2. The summed E-state index contributed by atoms with van der Waals surface area (Å²) in [6.45, 7) is 2.24. The lowest BCUT2D eigenvalue weighted by Crippen LogP contribution is -2.21. The number of carbonyl (C=O) groups excluding carboxylic acids is 1. The lowest BCUT2D eigenvalue weighted by Gasteiger charge is -2.13. The van der Waals surface area contributed by atoms with Crippen LogP contribution in [-0.2, 0) is 6.54 Å². The molecule has 1 N–H and O–H groups in total. The zero-order valence-corrected chi connectivity index (χ0v) is 17.0. The molecule has 0 aliphatic heterocycles. The summed E-state index contributed by atoms with van der Waals surface area (Å²) in [6, 6.07) is 16.0. The van der Waals surface area contributed by atoms with Crippen molar-refractivity contribution in [1.29, 1.82) is 0 Å². The molecular formula is C23H19ClN4O2. The summed E-state index contributed by atoms with van der Waals surface area (Å²) in [4.78, 5) is 29.4. The normalized spacial score (nSPS) is 10.7.